The van der Waals surface area contributed by atoms with E-state index in [2.05, 4.69) is 17.5 Å². The highest BCUT2D eigenvalue weighted by Gasteiger charge is 2.18. The fourth-order valence-electron chi connectivity index (χ4n) is 2.18. The van der Waals surface area contributed by atoms with Gasteiger partial charge in [0.2, 0.25) is 0 Å². The molecule has 1 aromatic carbocycles. The third-order valence-electron chi connectivity index (χ3n) is 2.93. The van der Waals surface area contributed by atoms with Crippen LogP contribution in [0.3, 0.4) is 0 Å². The van der Waals surface area contributed by atoms with Gasteiger partial charge in [-0.1, -0.05) is 6.07 Å². The van der Waals surface area contributed by atoms with Crippen LogP contribution in [0, 0.1) is 11.3 Å². The molecule has 1 N–H and O–H groups in total. The van der Waals surface area contributed by atoms with Crippen LogP contribution in [0.15, 0.2) is 18.2 Å². The van der Waals surface area contributed by atoms with E-state index in [-0.39, 0.29) is 0 Å². The number of aryl methyl sites for hydroxylation is 1. The lowest BCUT2D eigenvalue weighted by molar-refractivity contribution is 0.496. The summed E-state index contributed by atoms with van der Waals surface area (Å²) in [5, 5.41) is 12.1. The summed E-state index contributed by atoms with van der Waals surface area (Å²) in [5.41, 5.74) is 3.49. The van der Waals surface area contributed by atoms with E-state index in [9.17, 15) is 0 Å². The number of nitrogens with zero attached hydrogens (tertiary/aromatic N) is 1. The largest absolute Gasteiger partial charge is 0.313 e. The van der Waals surface area contributed by atoms with Gasteiger partial charge >= 0.3 is 0 Å². The molecule has 1 aromatic rings. The zero-order chi connectivity index (χ0) is 9.97. The Morgan fingerprint density at radius 2 is 2.36 bits per heavy atom. The van der Waals surface area contributed by atoms with E-state index < -0.39 is 0 Å². The molecule has 0 fully saturated rings. The van der Waals surface area contributed by atoms with Gasteiger partial charge in [0.05, 0.1) is 11.6 Å². The van der Waals surface area contributed by atoms with E-state index in [0.29, 0.717) is 6.04 Å². The molecule has 1 unspecified atom stereocenters. The van der Waals surface area contributed by atoms with Crippen molar-refractivity contribution in [3.63, 3.8) is 0 Å². The van der Waals surface area contributed by atoms with Crippen molar-refractivity contribution in [1.82, 2.24) is 5.32 Å². The van der Waals surface area contributed by atoms with Gasteiger partial charge in [-0.15, -0.1) is 0 Å². The Balaban J connectivity index is 2.42. The Morgan fingerprint density at radius 3 is 3.07 bits per heavy atom. The summed E-state index contributed by atoms with van der Waals surface area (Å²) in [6.45, 7) is 0. The molecule has 2 rings (SSSR count). The first-order valence-electron chi connectivity index (χ1n) is 5.05. The second-order valence-corrected chi connectivity index (χ2v) is 3.76. The second-order valence-electron chi connectivity index (χ2n) is 3.76. The molecule has 0 bridgehead atoms. The quantitative estimate of drug-likeness (QED) is 0.729. The third kappa shape index (κ3) is 1.51. The van der Waals surface area contributed by atoms with Crippen LogP contribution in [0.4, 0.5) is 0 Å². The van der Waals surface area contributed by atoms with Crippen molar-refractivity contribution in [3.05, 3.63) is 34.9 Å². The van der Waals surface area contributed by atoms with Crippen molar-refractivity contribution in [2.45, 2.75) is 25.3 Å². The maximum atomic E-state index is 8.80. The number of nitriles is 1. The summed E-state index contributed by atoms with van der Waals surface area (Å²) >= 11 is 0. The lowest BCUT2D eigenvalue weighted by Crippen LogP contribution is -2.21. The predicted octanol–water partition coefficient (Wildman–Crippen LogP) is 2.16. The highest BCUT2D eigenvalue weighted by atomic mass is 14.9. The second kappa shape index (κ2) is 3.81. The number of fused-ring (bicyclic) bond motifs is 1. The van der Waals surface area contributed by atoms with Gasteiger partial charge in [0.1, 0.15) is 0 Å². The first-order valence-corrected chi connectivity index (χ1v) is 5.05. The minimum Gasteiger partial charge on any atom is -0.313 e. The molecule has 0 saturated heterocycles. The zero-order valence-corrected chi connectivity index (χ0v) is 8.38. The molecule has 1 aliphatic carbocycles. The van der Waals surface area contributed by atoms with Crippen LogP contribution in [0.2, 0.25) is 0 Å². The molecular formula is C12H14N2. The molecule has 0 radical (unpaired) electrons. The molecule has 0 aliphatic heterocycles. The molecule has 0 spiro atoms. The topological polar surface area (TPSA) is 35.8 Å². The van der Waals surface area contributed by atoms with Crippen LogP contribution in [-0.2, 0) is 6.42 Å². The van der Waals surface area contributed by atoms with Gasteiger partial charge in [-0.3, -0.25) is 0 Å². The fourth-order valence-corrected chi connectivity index (χ4v) is 2.18. The minimum absolute atomic E-state index is 0.478. The van der Waals surface area contributed by atoms with Gasteiger partial charge in [-0.2, -0.15) is 5.26 Å². The highest BCUT2D eigenvalue weighted by Crippen LogP contribution is 2.29. The Labute approximate surface area is 84.6 Å². The van der Waals surface area contributed by atoms with E-state index in [1.54, 1.807) is 0 Å². The van der Waals surface area contributed by atoms with Gasteiger partial charge in [0.25, 0.3) is 0 Å². The molecule has 0 saturated carbocycles. The summed E-state index contributed by atoms with van der Waals surface area (Å²) in [4.78, 5) is 0. The number of nitrogens with one attached hydrogen (secondary N) is 1. The zero-order valence-electron chi connectivity index (χ0n) is 8.38. The average molecular weight is 186 g/mol. The molecule has 72 valence electrons. The first-order chi connectivity index (χ1) is 6.85. The number of hydrogen-bond donors (Lipinski definition) is 1. The van der Waals surface area contributed by atoms with Crippen molar-refractivity contribution in [2.75, 3.05) is 7.05 Å². The van der Waals surface area contributed by atoms with E-state index in [1.165, 1.54) is 24.0 Å². The maximum absolute atomic E-state index is 8.80. The first kappa shape index (κ1) is 9.23. The lowest BCUT2D eigenvalue weighted by atomic mass is 9.87. The van der Waals surface area contributed by atoms with Crippen LogP contribution in [0.25, 0.3) is 0 Å². The normalized spacial score (nSPS) is 19.9. The summed E-state index contributed by atoms with van der Waals surface area (Å²) in [7, 11) is 2.00. The Kier molecular flexibility index (Phi) is 2.51. The molecule has 0 aromatic heterocycles. The molecule has 0 heterocycles. The van der Waals surface area contributed by atoms with Gasteiger partial charge < -0.3 is 5.32 Å². The van der Waals surface area contributed by atoms with Gasteiger partial charge in [0, 0.05) is 6.04 Å². The molecule has 2 nitrogen and oxygen atoms in total. The third-order valence-corrected chi connectivity index (χ3v) is 2.93. The number of benzene rings is 1. The molecule has 2 heteroatoms. The molecule has 0 amide bonds. The van der Waals surface area contributed by atoms with Crippen LogP contribution in [-0.4, -0.2) is 7.05 Å². The van der Waals surface area contributed by atoms with Crippen molar-refractivity contribution < 1.29 is 0 Å². The lowest BCUT2D eigenvalue weighted by Gasteiger charge is -2.25. The monoisotopic (exact) mass is 186 g/mol. The predicted molar refractivity (Wildman–Crippen MR) is 55.9 cm³/mol. The highest BCUT2D eigenvalue weighted by molar-refractivity contribution is 5.40. The van der Waals surface area contributed by atoms with E-state index in [0.717, 1.165) is 12.0 Å². The van der Waals surface area contributed by atoms with Gasteiger partial charge in [-0.05, 0) is 49.6 Å². The average Bonchev–Trinajstić information content (AvgIpc) is 2.27. The fraction of sp³-hybridized carbons (Fsp3) is 0.417. The molecule has 14 heavy (non-hydrogen) atoms. The standard InChI is InChI=1S/C12H14N2/c1-14-12-4-2-3-10-7-9(8-13)5-6-11(10)12/h5-7,12,14H,2-4H2,1H3. The van der Waals surface area contributed by atoms with Crippen LogP contribution >= 0.6 is 0 Å². The van der Waals surface area contributed by atoms with E-state index in [4.69, 9.17) is 5.26 Å². The number of rotatable bonds is 1. The molecule has 1 aliphatic rings. The Bertz CT molecular complexity index is 376. The van der Waals surface area contributed by atoms with Gasteiger partial charge in [0.15, 0.2) is 0 Å². The smallest absolute Gasteiger partial charge is 0.0991 e. The van der Waals surface area contributed by atoms with E-state index >= 15 is 0 Å². The van der Waals surface area contributed by atoms with Crippen molar-refractivity contribution in [2.24, 2.45) is 0 Å². The van der Waals surface area contributed by atoms with Crippen molar-refractivity contribution >= 4 is 0 Å². The summed E-state index contributed by atoms with van der Waals surface area (Å²) in [5.74, 6) is 0. The summed E-state index contributed by atoms with van der Waals surface area (Å²) in [6, 6.07) is 8.70. The van der Waals surface area contributed by atoms with Crippen LogP contribution in [0.5, 0.6) is 0 Å². The van der Waals surface area contributed by atoms with Gasteiger partial charge in [-0.25, -0.2) is 0 Å². The minimum atomic E-state index is 0.478. The van der Waals surface area contributed by atoms with Crippen molar-refractivity contribution in [1.29, 1.82) is 5.26 Å². The van der Waals surface area contributed by atoms with Crippen molar-refractivity contribution in [3.8, 4) is 6.07 Å². The maximum Gasteiger partial charge on any atom is 0.0991 e. The molecule has 1 atom stereocenters. The van der Waals surface area contributed by atoms with E-state index in [1.807, 2.05) is 19.2 Å². The Morgan fingerprint density at radius 1 is 1.50 bits per heavy atom. The SMILES string of the molecule is CNC1CCCc2cc(C#N)ccc21. The summed E-state index contributed by atoms with van der Waals surface area (Å²) < 4.78 is 0. The van der Waals surface area contributed by atoms with Crippen LogP contribution in [0.1, 0.15) is 35.6 Å². The molecular weight excluding hydrogens is 172 g/mol. The summed E-state index contributed by atoms with van der Waals surface area (Å²) in [6.07, 6.45) is 3.53. The van der Waals surface area contributed by atoms with Crippen LogP contribution < -0.4 is 5.32 Å². The number of hydrogen-bond acceptors (Lipinski definition) is 2. The Hall–Kier alpha value is -1.33.